The Morgan fingerprint density at radius 1 is 0.875 bits per heavy atom. The normalized spacial score (nSPS) is 16.9. The minimum Gasteiger partial charge on any atom is -0.489 e. The molecule has 1 fully saturated rings. The van der Waals surface area contributed by atoms with Crippen molar-refractivity contribution >= 4 is 6.29 Å². The van der Waals surface area contributed by atoms with Crippen LogP contribution in [0.3, 0.4) is 0 Å². The van der Waals surface area contributed by atoms with Crippen LogP contribution in [0.25, 0.3) is 0 Å². The lowest BCUT2D eigenvalue weighted by Gasteiger charge is -2.43. The molecular weight excluding hydrogens is 394 g/mol. The number of para-hydroxylation sites is 1. The van der Waals surface area contributed by atoms with Gasteiger partial charge in [0, 0.05) is 23.4 Å². The first kappa shape index (κ1) is 22.3. The highest BCUT2D eigenvalue weighted by Crippen LogP contribution is 2.43. The summed E-state index contributed by atoms with van der Waals surface area (Å²) in [7, 11) is 0. The van der Waals surface area contributed by atoms with Gasteiger partial charge in [-0.1, -0.05) is 85.8 Å². The van der Waals surface area contributed by atoms with Crippen LogP contribution in [-0.2, 0) is 23.2 Å². The molecule has 0 aliphatic carbocycles. The van der Waals surface area contributed by atoms with Gasteiger partial charge in [0.1, 0.15) is 18.6 Å². The number of piperidine rings is 1. The Morgan fingerprint density at radius 2 is 1.47 bits per heavy atom. The molecule has 1 heterocycles. The number of ether oxygens (including phenoxy) is 1. The lowest BCUT2D eigenvalue weighted by molar-refractivity contribution is -0.111. The van der Waals surface area contributed by atoms with Crippen LogP contribution >= 0.6 is 0 Å². The van der Waals surface area contributed by atoms with E-state index in [1.165, 1.54) is 16.7 Å². The van der Waals surface area contributed by atoms with E-state index in [4.69, 9.17) is 4.74 Å². The van der Waals surface area contributed by atoms with Crippen molar-refractivity contribution in [2.24, 2.45) is 5.92 Å². The zero-order valence-electron chi connectivity index (χ0n) is 19.0. The molecule has 4 rings (SSSR count). The van der Waals surface area contributed by atoms with Crippen molar-refractivity contribution in [2.75, 3.05) is 19.6 Å². The van der Waals surface area contributed by atoms with Gasteiger partial charge < -0.3 is 14.4 Å². The van der Waals surface area contributed by atoms with E-state index in [9.17, 15) is 4.79 Å². The molecule has 0 N–H and O–H groups in total. The van der Waals surface area contributed by atoms with Gasteiger partial charge in [0.15, 0.2) is 0 Å². The van der Waals surface area contributed by atoms with Gasteiger partial charge in [0.2, 0.25) is 0 Å². The predicted octanol–water partition coefficient (Wildman–Crippen LogP) is 5.68. The summed E-state index contributed by atoms with van der Waals surface area (Å²) >= 11 is 0. The minimum atomic E-state index is 0.0234. The van der Waals surface area contributed by atoms with E-state index in [1.807, 2.05) is 13.0 Å². The topological polar surface area (TPSA) is 29.5 Å². The summed E-state index contributed by atoms with van der Waals surface area (Å²) in [6.07, 6.45) is 4.17. The molecule has 3 aromatic rings. The number of hydrogen-bond donors (Lipinski definition) is 0. The summed E-state index contributed by atoms with van der Waals surface area (Å²) in [5.41, 5.74) is 3.87. The standard InChI is InChI=1S/C29H33NO2/c1-24(22-31)21-30-18-16-29(17-19-30,20-25-10-4-2-5-11-25)27-14-8-9-15-28(27)32-23-26-12-6-3-7-13-26/h2-15,22,24H,16-21,23H2,1H3. The zero-order valence-corrected chi connectivity index (χ0v) is 19.0. The van der Waals surface area contributed by atoms with Gasteiger partial charge in [-0.25, -0.2) is 0 Å². The van der Waals surface area contributed by atoms with Crippen molar-refractivity contribution in [3.8, 4) is 5.75 Å². The van der Waals surface area contributed by atoms with Crippen molar-refractivity contribution < 1.29 is 9.53 Å². The van der Waals surface area contributed by atoms with E-state index >= 15 is 0 Å². The van der Waals surface area contributed by atoms with E-state index in [1.54, 1.807) is 0 Å². The minimum absolute atomic E-state index is 0.0234. The fraction of sp³-hybridized carbons (Fsp3) is 0.345. The lowest BCUT2D eigenvalue weighted by atomic mass is 9.68. The SMILES string of the molecule is CC(C=O)CN1CCC(Cc2ccccc2)(c2ccccc2OCc2ccccc2)CC1. The number of hydrogen-bond acceptors (Lipinski definition) is 3. The van der Waals surface area contributed by atoms with E-state index in [0.29, 0.717) is 6.61 Å². The smallest absolute Gasteiger partial charge is 0.124 e. The summed E-state index contributed by atoms with van der Waals surface area (Å²) in [6, 6.07) is 29.7. The van der Waals surface area contributed by atoms with E-state index in [0.717, 1.165) is 50.9 Å². The van der Waals surface area contributed by atoms with Gasteiger partial charge in [-0.3, -0.25) is 0 Å². The number of carbonyl (C=O) groups is 1. The number of carbonyl (C=O) groups excluding carboxylic acids is 1. The molecule has 0 radical (unpaired) electrons. The first-order valence-corrected chi connectivity index (χ1v) is 11.7. The fourth-order valence-electron chi connectivity index (χ4n) is 4.91. The molecule has 0 saturated carbocycles. The summed E-state index contributed by atoms with van der Waals surface area (Å²) in [5.74, 6) is 1.07. The summed E-state index contributed by atoms with van der Waals surface area (Å²) in [6.45, 7) is 5.42. The Labute approximate surface area is 192 Å². The summed E-state index contributed by atoms with van der Waals surface area (Å²) < 4.78 is 6.39. The molecule has 0 bridgehead atoms. The van der Waals surface area contributed by atoms with Crippen molar-refractivity contribution in [3.05, 3.63) is 102 Å². The highest BCUT2D eigenvalue weighted by atomic mass is 16.5. The second-order valence-electron chi connectivity index (χ2n) is 9.13. The average Bonchev–Trinajstić information content (AvgIpc) is 2.85. The van der Waals surface area contributed by atoms with Crippen molar-refractivity contribution in [3.63, 3.8) is 0 Å². The van der Waals surface area contributed by atoms with Gasteiger partial charge in [0.05, 0.1) is 0 Å². The third kappa shape index (κ3) is 5.46. The van der Waals surface area contributed by atoms with Crippen LogP contribution in [0, 0.1) is 5.92 Å². The maximum Gasteiger partial charge on any atom is 0.124 e. The molecule has 166 valence electrons. The largest absolute Gasteiger partial charge is 0.489 e. The van der Waals surface area contributed by atoms with Crippen molar-refractivity contribution in [1.29, 1.82) is 0 Å². The maximum absolute atomic E-state index is 11.2. The van der Waals surface area contributed by atoms with Gasteiger partial charge in [-0.15, -0.1) is 0 Å². The van der Waals surface area contributed by atoms with E-state index < -0.39 is 0 Å². The van der Waals surface area contributed by atoms with Gasteiger partial charge in [-0.05, 0) is 49.5 Å². The molecular formula is C29H33NO2. The van der Waals surface area contributed by atoms with Crippen LogP contribution in [0.4, 0.5) is 0 Å². The number of likely N-dealkylation sites (tertiary alicyclic amines) is 1. The van der Waals surface area contributed by atoms with Gasteiger partial charge in [0.25, 0.3) is 0 Å². The van der Waals surface area contributed by atoms with Crippen LogP contribution in [0.15, 0.2) is 84.9 Å². The number of nitrogens with zero attached hydrogens (tertiary/aromatic N) is 1. The fourth-order valence-corrected chi connectivity index (χ4v) is 4.91. The van der Waals surface area contributed by atoms with Crippen LogP contribution < -0.4 is 4.74 Å². The van der Waals surface area contributed by atoms with Crippen molar-refractivity contribution in [2.45, 2.75) is 38.2 Å². The molecule has 1 aliphatic rings. The Kier molecular flexibility index (Phi) is 7.39. The molecule has 1 unspecified atom stereocenters. The second kappa shape index (κ2) is 10.6. The van der Waals surface area contributed by atoms with Gasteiger partial charge >= 0.3 is 0 Å². The van der Waals surface area contributed by atoms with Gasteiger partial charge in [-0.2, -0.15) is 0 Å². The molecule has 0 aromatic heterocycles. The quantitative estimate of drug-likeness (QED) is 0.412. The first-order valence-electron chi connectivity index (χ1n) is 11.7. The molecule has 0 spiro atoms. The highest BCUT2D eigenvalue weighted by molar-refractivity contribution is 5.53. The first-order chi connectivity index (χ1) is 15.7. The van der Waals surface area contributed by atoms with Crippen LogP contribution in [0.5, 0.6) is 5.75 Å². The monoisotopic (exact) mass is 427 g/mol. The van der Waals surface area contributed by atoms with Crippen LogP contribution in [0.1, 0.15) is 36.5 Å². The molecule has 1 aliphatic heterocycles. The zero-order chi connectivity index (χ0) is 22.2. The highest BCUT2D eigenvalue weighted by Gasteiger charge is 2.38. The maximum atomic E-state index is 11.2. The molecule has 32 heavy (non-hydrogen) atoms. The molecule has 3 nitrogen and oxygen atoms in total. The summed E-state index contributed by atoms with van der Waals surface area (Å²) in [4.78, 5) is 13.6. The Morgan fingerprint density at radius 3 is 2.12 bits per heavy atom. The second-order valence-corrected chi connectivity index (χ2v) is 9.13. The number of aldehydes is 1. The van der Waals surface area contributed by atoms with Crippen LogP contribution in [0.2, 0.25) is 0 Å². The Bertz CT molecular complexity index is 978. The molecule has 3 heteroatoms. The summed E-state index contributed by atoms with van der Waals surface area (Å²) in [5, 5.41) is 0. The average molecular weight is 428 g/mol. The predicted molar refractivity (Wildman–Crippen MR) is 130 cm³/mol. The molecule has 0 amide bonds. The molecule has 3 aromatic carbocycles. The lowest BCUT2D eigenvalue weighted by Crippen LogP contribution is -2.45. The van der Waals surface area contributed by atoms with E-state index in [-0.39, 0.29) is 11.3 Å². The number of benzene rings is 3. The number of rotatable bonds is 9. The third-order valence-electron chi connectivity index (χ3n) is 6.67. The van der Waals surface area contributed by atoms with E-state index in [2.05, 4.69) is 83.8 Å². The molecule has 1 atom stereocenters. The molecule has 1 saturated heterocycles. The third-order valence-corrected chi connectivity index (χ3v) is 6.67. The Balaban J connectivity index is 1.60. The van der Waals surface area contributed by atoms with Crippen molar-refractivity contribution in [1.82, 2.24) is 4.90 Å². The van der Waals surface area contributed by atoms with Crippen LogP contribution in [-0.4, -0.2) is 30.8 Å². The Hall–Kier alpha value is -2.91.